The number of nitrogens with one attached hydrogen (secondary N) is 1. The van der Waals surface area contributed by atoms with Crippen LogP contribution in [-0.4, -0.2) is 35.6 Å². The number of hydrogen-bond donors (Lipinski definition) is 1. The van der Waals surface area contributed by atoms with E-state index < -0.39 is 0 Å². The average Bonchev–Trinajstić information content (AvgIpc) is 3.18. The smallest absolute Gasteiger partial charge is 0.273 e. The first-order valence-electron chi connectivity index (χ1n) is 7.67. The summed E-state index contributed by atoms with van der Waals surface area (Å²) >= 11 is 1.82. The second-order valence-corrected chi connectivity index (χ2v) is 6.86. The van der Waals surface area contributed by atoms with Crippen molar-refractivity contribution in [1.29, 1.82) is 0 Å². The predicted octanol–water partition coefficient (Wildman–Crippen LogP) is 2.69. The minimum Gasteiger partial charge on any atom is -0.361 e. The Morgan fingerprint density at radius 3 is 2.95 bits per heavy atom. The lowest BCUT2D eigenvalue weighted by Gasteiger charge is -2.31. The van der Waals surface area contributed by atoms with Gasteiger partial charge in [-0.2, -0.15) is 0 Å². The van der Waals surface area contributed by atoms with Crippen LogP contribution in [0, 0.1) is 12.8 Å². The van der Waals surface area contributed by atoms with Crippen LogP contribution in [0.3, 0.4) is 0 Å². The van der Waals surface area contributed by atoms with Crippen LogP contribution in [0.5, 0.6) is 0 Å². The third kappa shape index (κ3) is 3.96. The van der Waals surface area contributed by atoms with Gasteiger partial charge in [0.05, 0.1) is 0 Å². The van der Waals surface area contributed by atoms with Crippen molar-refractivity contribution < 1.29 is 9.32 Å². The van der Waals surface area contributed by atoms with Crippen LogP contribution in [0.2, 0.25) is 0 Å². The molecule has 22 heavy (non-hydrogen) atoms. The molecule has 0 bridgehead atoms. The normalized spacial score (nSPS) is 16.8. The van der Waals surface area contributed by atoms with Crippen LogP contribution in [0.1, 0.15) is 34.0 Å². The fourth-order valence-electron chi connectivity index (χ4n) is 2.77. The van der Waals surface area contributed by atoms with Crippen LogP contribution < -0.4 is 5.32 Å². The molecule has 0 saturated carbocycles. The molecular formula is C16H21N3O2S. The molecule has 1 amide bonds. The Morgan fingerprint density at radius 1 is 1.50 bits per heavy atom. The molecule has 0 unspecified atom stereocenters. The van der Waals surface area contributed by atoms with E-state index in [0.29, 0.717) is 17.4 Å². The molecule has 2 aromatic rings. The van der Waals surface area contributed by atoms with Crippen molar-refractivity contribution >= 4 is 17.2 Å². The molecule has 1 N–H and O–H groups in total. The predicted molar refractivity (Wildman–Crippen MR) is 85.9 cm³/mol. The van der Waals surface area contributed by atoms with E-state index in [2.05, 4.69) is 32.9 Å². The second kappa shape index (κ2) is 7.07. The number of thiophene rings is 1. The van der Waals surface area contributed by atoms with Crippen molar-refractivity contribution in [2.75, 3.05) is 19.6 Å². The largest absolute Gasteiger partial charge is 0.361 e. The van der Waals surface area contributed by atoms with E-state index >= 15 is 0 Å². The van der Waals surface area contributed by atoms with E-state index in [9.17, 15) is 4.79 Å². The molecule has 2 aromatic heterocycles. The maximum absolute atomic E-state index is 11.9. The molecule has 118 valence electrons. The number of rotatable bonds is 5. The van der Waals surface area contributed by atoms with Crippen LogP contribution in [0.15, 0.2) is 28.1 Å². The first kappa shape index (κ1) is 15.2. The molecule has 3 heterocycles. The summed E-state index contributed by atoms with van der Waals surface area (Å²) < 4.78 is 4.92. The SMILES string of the molecule is Cc1cc(C(=O)NCC2CCN(Cc3cccs3)CC2)no1. The number of aryl methyl sites for hydroxylation is 1. The molecule has 6 heteroatoms. The van der Waals surface area contributed by atoms with Gasteiger partial charge in [-0.25, -0.2) is 0 Å². The van der Waals surface area contributed by atoms with Crippen molar-refractivity contribution in [1.82, 2.24) is 15.4 Å². The van der Waals surface area contributed by atoms with Crippen molar-refractivity contribution in [2.45, 2.75) is 26.3 Å². The molecule has 1 aliphatic rings. The fraction of sp³-hybridized carbons (Fsp3) is 0.500. The monoisotopic (exact) mass is 319 g/mol. The molecule has 5 nitrogen and oxygen atoms in total. The number of amides is 1. The Balaban J connectivity index is 1.39. The molecule has 1 fully saturated rings. The van der Waals surface area contributed by atoms with Gasteiger partial charge in [0.1, 0.15) is 5.76 Å². The molecule has 0 atom stereocenters. The van der Waals surface area contributed by atoms with Crippen LogP contribution in [0.25, 0.3) is 0 Å². The minimum absolute atomic E-state index is 0.141. The van der Waals surface area contributed by atoms with Gasteiger partial charge >= 0.3 is 0 Å². The summed E-state index contributed by atoms with van der Waals surface area (Å²) in [4.78, 5) is 15.8. The van der Waals surface area contributed by atoms with Gasteiger partial charge < -0.3 is 9.84 Å². The van der Waals surface area contributed by atoms with Crippen LogP contribution in [0.4, 0.5) is 0 Å². The summed E-state index contributed by atoms with van der Waals surface area (Å²) in [5.41, 5.74) is 0.368. The van der Waals surface area contributed by atoms with Gasteiger partial charge in [-0.3, -0.25) is 9.69 Å². The van der Waals surface area contributed by atoms with Gasteiger partial charge in [0, 0.05) is 24.0 Å². The minimum atomic E-state index is -0.141. The van der Waals surface area contributed by atoms with Gasteiger partial charge in [0.15, 0.2) is 5.69 Å². The molecule has 3 rings (SSSR count). The topological polar surface area (TPSA) is 58.4 Å². The first-order chi connectivity index (χ1) is 10.7. The van der Waals surface area contributed by atoms with E-state index in [1.54, 1.807) is 13.0 Å². The number of likely N-dealkylation sites (tertiary alicyclic amines) is 1. The van der Waals surface area contributed by atoms with Crippen molar-refractivity contribution in [3.05, 3.63) is 39.9 Å². The van der Waals surface area contributed by atoms with Crippen molar-refractivity contribution in [2.24, 2.45) is 5.92 Å². The Kier molecular flexibility index (Phi) is 4.90. The molecular weight excluding hydrogens is 298 g/mol. The number of carbonyl (C=O) groups excluding carboxylic acids is 1. The zero-order valence-corrected chi connectivity index (χ0v) is 13.6. The van der Waals surface area contributed by atoms with Gasteiger partial charge in [0.2, 0.25) is 0 Å². The summed E-state index contributed by atoms with van der Waals surface area (Å²) in [6.07, 6.45) is 2.26. The summed E-state index contributed by atoms with van der Waals surface area (Å²) in [5.74, 6) is 1.07. The van der Waals surface area contributed by atoms with E-state index in [1.807, 2.05) is 11.3 Å². The van der Waals surface area contributed by atoms with Gasteiger partial charge in [-0.15, -0.1) is 11.3 Å². The van der Waals surface area contributed by atoms with Crippen LogP contribution in [-0.2, 0) is 6.54 Å². The van der Waals surface area contributed by atoms with E-state index in [0.717, 1.165) is 39.0 Å². The molecule has 1 saturated heterocycles. The summed E-state index contributed by atoms with van der Waals surface area (Å²) in [6, 6.07) is 5.96. The summed E-state index contributed by atoms with van der Waals surface area (Å²) in [5, 5.41) is 8.83. The molecule has 0 aromatic carbocycles. The highest BCUT2D eigenvalue weighted by Gasteiger charge is 2.20. The molecule has 0 spiro atoms. The third-order valence-corrected chi connectivity index (χ3v) is 4.94. The van der Waals surface area contributed by atoms with Gasteiger partial charge in [-0.05, 0) is 50.2 Å². The molecule has 0 radical (unpaired) electrons. The molecule has 1 aliphatic heterocycles. The Labute approximate surface area is 134 Å². The lowest BCUT2D eigenvalue weighted by atomic mass is 9.96. The number of nitrogens with zero attached hydrogens (tertiary/aromatic N) is 2. The quantitative estimate of drug-likeness (QED) is 0.920. The van der Waals surface area contributed by atoms with Crippen LogP contribution >= 0.6 is 11.3 Å². The summed E-state index contributed by atoms with van der Waals surface area (Å²) in [6.45, 7) is 5.75. The average molecular weight is 319 g/mol. The lowest BCUT2D eigenvalue weighted by molar-refractivity contribution is 0.0926. The number of carbonyl (C=O) groups is 1. The van der Waals surface area contributed by atoms with Crippen molar-refractivity contribution in [3.8, 4) is 0 Å². The zero-order chi connectivity index (χ0) is 15.4. The zero-order valence-electron chi connectivity index (χ0n) is 12.7. The third-order valence-electron chi connectivity index (χ3n) is 4.08. The van der Waals surface area contributed by atoms with Crippen molar-refractivity contribution in [3.63, 3.8) is 0 Å². The maximum Gasteiger partial charge on any atom is 0.273 e. The number of aromatic nitrogens is 1. The highest BCUT2D eigenvalue weighted by Crippen LogP contribution is 2.20. The number of piperidine rings is 1. The van der Waals surface area contributed by atoms with E-state index in [-0.39, 0.29) is 5.91 Å². The standard InChI is InChI=1S/C16H21N3O2S/c1-12-9-15(18-21-12)16(20)17-10-13-4-6-19(7-5-13)11-14-3-2-8-22-14/h2-3,8-9,13H,4-7,10-11H2,1H3,(H,17,20). The summed E-state index contributed by atoms with van der Waals surface area (Å²) in [7, 11) is 0. The molecule has 0 aliphatic carbocycles. The Hall–Kier alpha value is -1.66. The lowest BCUT2D eigenvalue weighted by Crippen LogP contribution is -2.38. The fourth-order valence-corrected chi connectivity index (χ4v) is 3.52. The van der Waals surface area contributed by atoms with Gasteiger partial charge in [-0.1, -0.05) is 11.2 Å². The highest BCUT2D eigenvalue weighted by molar-refractivity contribution is 7.09. The Morgan fingerprint density at radius 2 is 2.32 bits per heavy atom. The van der Waals surface area contributed by atoms with E-state index in [4.69, 9.17) is 4.52 Å². The first-order valence-corrected chi connectivity index (χ1v) is 8.55. The highest BCUT2D eigenvalue weighted by atomic mass is 32.1. The maximum atomic E-state index is 11.9. The van der Waals surface area contributed by atoms with E-state index in [1.165, 1.54) is 4.88 Å². The second-order valence-electron chi connectivity index (χ2n) is 5.83. The number of hydrogen-bond acceptors (Lipinski definition) is 5. The van der Waals surface area contributed by atoms with Gasteiger partial charge in [0.25, 0.3) is 5.91 Å². The Bertz CT molecular complexity index is 601.